The molecule has 0 saturated heterocycles. The molecule has 0 amide bonds. The van der Waals surface area contributed by atoms with Crippen LogP contribution >= 0.6 is 0 Å². The SMILES string of the molecule is COc1cc([C@H]2C3=CCn4c(=O)n(C)c(=O)n4[C@@H]3C[C@H]3C(=O)C(C)=C(C)C(=O)[C@@]23C)ccc1O. The topological polar surface area (TPSA) is 113 Å². The zero-order valence-electron chi connectivity index (χ0n) is 19.8. The number of benzene rings is 1. The number of aromatic hydroxyl groups is 1. The highest BCUT2D eigenvalue weighted by Crippen LogP contribution is 2.60. The Balaban J connectivity index is 1.81. The van der Waals surface area contributed by atoms with E-state index in [1.54, 1.807) is 26.0 Å². The molecule has 1 aromatic carbocycles. The highest BCUT2D eigenvalue weighted by atomic mass is 16.5. The van der Waals surface area contributed by atoms with Crippen molar-refractivity contribution >= 4 is 11.6 Å². The molecule has 178 valence electrons. The number of Topliss-reactive ketones (excluding diaryl/α,β-unsaturated/α-hetero) is 2. The number of carbonyl (C=O) groups excluding carboxylic acids is 2. The van der Waals surface area contributed by atoms with E-state index in [2.05, 4.69) is 0 Å². The molecule has 9 heteroatoms. The summed E-state index contributed by atoms with van der Waals surface area (Å²) in [6.07, 6.45) is 2.14. The van der Waals surface area contributed by atoms with Gasteiger partial charge in [-0.15, -0.1) is 0 Å². The van der Waals surface area contributed by atoms with Crippen LogP contribution in [0.5, 0.6) is 11.5 Å². The van der Waals surface area contributed by atoms with Crippen LogP contribution in [0.4, 0.5) is 0 Å². The Kier molecular flexibility index (Phi) is 4.69. The van der Waals surface area contributed by atoms with E-state index in [0.29, 0.717) is 16.7 Å². The Bertz CT molecular complexity index is 1450. The molecule has 0 spiro atoms. The van der Waals surface area contributed by atoms with E-state index in [9.17, 15) is 24.3 Å². The average molecular weight is 466 g/mol. The van der Waals surface area contributed by atoms with Gasteiger partial charge in [0.05, 0.1) is 25.1 Å². The Labute approximate surface area is 195 Å². The van der Waals surface area contributed by atoms with Crippen molar-refractivity contribution in [1.29, 1.82) is 0 Å². The van der Waals surface area contributed by atoms with Gasteiger partial charge in [-0.3, -0.25) is 9.59 Å². The molecule has 1 N–H and O–H groups in total. The molecule has 5 rings (SSSR count). The largest absolute Gasteiger partial charge is 0.504 e. The Hall–Kier alpha value is -3.62. The fourth-order valence-corrected chi connectivity index (χ4v) is 6.20. The number of hydrogen-bond acceptors (Lipinski definition) is 6. The van der Waals surface area contributed by atoms with E-state index in [-0.39, 0.29) is 36.0 Å². The fourth-order valence-electron chi connectivity index (χ4n) is 6.20. The van der Waals surface area contributed by atoms with Crippen LogP contribution in [0.1, 0.15) is 44.7 Å². The zero-order chi connectivity index (χ0) is 24.7. The molecular weight excluding hydrogens is 438 g/mol. The lowest BCUT2D eigenvalue weighted by atomic mass is 9.50. The van der Waals surface area contributed by atoms with Crippen molar-refractivity contribution in [2.75, 3.05) is 7.11 Å². The van der Waals surface area contributed by atoms with Gasteiger partial charge in [0, 0.05) is 18.9 Å². The van der Waals surface area contributed by atoms with E-state index >= 15 is 0 Å². The number of phenols is 1. The summed E-state index contributed by atoms with van der Waals surface area (Å²) in [6, 6.07) is 4.36. The molecule has 2 aliphatic carbocycles. The first-order valence-corrected chi connectivity index (χ1v) is 11.3. The van der Waals surface area contributed by atoms with Gasteiger partial charge in [0.25, 0.3) is 0 Å². The summed E-state index contributed by atoms with van der Waals surface area (Å²) < 4.78 is 9.21. The summed E-state index contributed by atoms with van der Waals surface area (Å²) >= 11 is 0. The van der Waals surface area contributed by atoms with E-state index in [0.717, 1.165) is 10.1 Å². The molecule has 2 aromatic rings. The van der Waals surface area contributed by atoms with Crippen LogP contribution in [0.25, 0.3) is 0 Å². The highest BCUT2D eigenvalue weighted by Gasteiger charge is 2.60. The number of ketones is 2. The second-order valence-electron chi connectivity index (χ2n) is 9.65. The Morgan fingerprint density at radius 3 is 2.47 bits per heavy atom. The van der Waals surface area contributed by atoms with Gasteiger partial charge in [-0.1, -0.05) is 19.1 Å². The van der Waals surface area contributed by atoms with E-state index in [4.69, 9.17) is 4.74 Å². The predicted molar refractivity (Wildman–Crippen MR) is 123 cm³/mol. The lowest BCUT2D eigenvalue weighted by molar-refractivity contribution is -0.140. The minimum Gasteiger partial charge on any atom is -0.504 e. The standard InChI is InChI=1S/C25H27N3O6/c1-12-13(2)22(31)25(3)16(21(12)30)11-17-15(8-9-27-23(32)26(4)24(33)28(17)27)20(25)14-6-7-18(29)19(10-14)34-5/h6-8,10,16-17,20,29H,9,11H2,1-5H3/t16-,17+,20-,25+/m0/s1. The van der Waals surface area contributed by atoms with Crippen molar-refractivity contribution in [3.63, 3.8) is 0 Å². The molecule has 0 radical (unpaired) electrons. The van der Waals surface area contributed by atoms with Crippen molar-refractivity contribution in [3.05, 3.63) is 67.5 Å². The van der Waals surface area contributed by atoms with Crippen LogP contribution in [-0.2, 0) is 23.2 Å². The van der Waals surface area contributed by atoms with Gasteiger partial charge in [-0.25, -0.2) is 23.5 Å². The van der Waals surface area contributed by atoms with Crippen LogP contribution < -0.4 is 16.1 Å². The van der Waals surface area contributed by atoms with Crippen molar-refractivity contribution in [2.24, 2.45) is 18.4 Å². The average Bonchev–Trinajstić information content (AvgIpc) is 3.05. The normalized spacial score (nSPS) is 28.3. The molecule has 1 fully saturated rings. The quantitative estimate of drug-likeness (QED) is 0.678. The maximum atomic E-state index is 13.8. The van der Waals surface area contributed by atoms with E-state index in [1.807, 2.05) is 13.0 Å². The van der Waals surface area contributed by atoms with Crippen molar-refractivity contribution in [2.45, 2.75) is 45.7 Å². The first kappa shape index (κ1) is 22.2. The molecule has 4 atom stereocenters. The molecular formula is C25H27N3O6. The molecule has 3 aliphatic rings. The summed E-state index contributed by atoms with van der Waals surface area (Å²) in [5, 5.41) is 10.2. The molecule has 1 aromatic heterocycles. The van der Waals surface area contributed by atoms with Crippen molar-refractivity contribution < 1.29 is 19.4 Å². The summed E-state index contributed by atoms with van der Waals surface area (Å²) in [6.45, 7) is 5.37. The van der Waals surface area contributed by atoms with Crippen molar-refractivity contribution in [3.8, 4) is 11.5 Å². The minimum atomic E-state index is -1.09. The van der Waals surface area contributed by atoms with Gasteiger partial charge in [-0.2, -0.15) is 0 Å². The van der Waals surface area contributed by atoms with Gasteiger partial charge >= 0.3 is 11.4 Å². The summed E-state index contributed by atoms with van der Waals surface area (Å²) in [4.78, 5) is 53.1. The predicted octanol–water partition coefficient (Wildman–Crippen LogP) is 1.84. The van der Waals surface area contributed by atoms with Crippen LogP contribution in [0.2, 0.25) is 0 Å². The minimum absolute atomic E-state index is 0.0379. The maximum Gasteiger partial charge on any atom is 0.347 e. The van der Waals surface area contributed by atoms with Crippen LogP contribution in [0.3, 0.4) is 0 Å². The van der Waals surface area contributed by atoms with Crippen LogP contribution in [0, 0.1) is 11.3 Å². The number of nitrogens with zero attached hydrogens (tertiary/aromatic N) is 3. The summed E-state index contributed by atoms with van der Waals surface area (Å²) in [5.41, 5.74) is 0.433. The smallest absolute Gasteiger partial charge is 0.347 e. The molecule has 1 saturated carbocycles. The molecule has 1 aliphatic heterocycles. The van der Waals surface area contributed by atoms with Gasteiger partial charge in [0.15, 0.2) is 23.1 Å². The third-order valence-electron chi connectivity index (χ3n) is 8.16. The first-order valence-electron chi connectivity index (χ1n) is 11.3. The lowest BCUT2D eigenvalue weighted by Gasteiger charge is -2.53. The maximum absolute atomic E-state index is 13.8. The van der Waals surface area contributed by atoms with E-state index < -0.39 is 34.7 Å². The second kappa shape index (κ2) is 7.19. The van der Waals surface area contributed by atoms with Gasteiger partial charge in [0.1, 0.15) is 0 Å². The number of hydrogen-bond donors (Lipinski definition) is 1. The fraction of sp³-hybridized carbons (Fsp3) is 0.440. The first-order chi connectivity index (χ1) is 16.0. The number of phenolic OH excluding ortho intramolecular Hbond substituents is 1. The zero-order valence-corrected chi connectivity index (χ0v) is 19.8. The van der Waals surface area contributed by atoms with Crippen LogP contribution in [0.15, 0.2) is 50.6 Å². The highest BCUT2D eigenvalue weighted by molar-refractivity contribution is 6.15. The summed E-state index contributed by atoms with van der Waals surface area (Å²) in [7, 11) is 2.88. The number of allylic oxidation sites excluding steroid dienone is 4. The third kappa shape index (κ3) is 2.60. The third-order valence-corrected chi connectivity index (χ3v) is 8.16. The van der Waals surface area contributed by atoms with Gasteiger partial charge in [0.2, 0.25) is 0 Å². The second-order valence-corrected chi connectivity index (χ2v) is 9.65. The van der Waals surface area contributed by atoms with Crippen molar-refractivity contribution in [1.82, 2.24) is 13.9 Å². The molecule has 0 bridgehead atoms. The Morgan fingerprint density at radius 1 is 1.09 bits per heavy atom. The molecule has 34 heavy (non-hydrogen) atoms. The monoisotopic (exact) mass is 465 g/mol. The van der Waals surface area contributed by atoms with E-state index in [1.165, 1.54) is 29.6 Å². The molecule has 2 heterocycles. The molecule has 0 unspecified atom stereocenters. The van der Waals surface area contributed by atoms with Crippen LogP contribution in [-0.4, -0.2) is 37.7 Å². The lowest BCUT2D eigenvalue weighted by Crippen LogP contribution is -2.55. The number of methoxy groups -OCH3 is 1. The Morgan fingerprint density at radius 2 is 1.79 bits per heavy atom. The number of carbonyl (C=O) groups is 2. The summed E-state index contributed by atoms with van der Waals surface area (Å²) in [5.74, 6) is -1.23. The number of ether oxygens (including phenoxy) is 1. The van der Waals surface area contributed by atoms with Gasteiger partial charge in [-0.05, 0) is 54.7 Å². The number of aromatic nitrogens is 3. The number of rotatable bonds is 2. The number of fused-ring (bicyclic) bond motifs is 4. The van der Waals surface area contributed by atoms with Gasteiger partial charge < -0.3 is 9.84 Å². The molecule has 9 nitrogen and oxygen atoms in total.